The number of aromatic nitrogens is 4. The van der Waals surface area contributed by atoms with Gasteiger partial charge < -0.3 is 10.6 Å². The Bertz CT molecular complexity index is 998. The van der Waals surface area contributed by atoms with E-state index in [1.165, 1.54) is 0 Å². The van der Waals surface area contributed by atoms with E-state index >= 15 is 0 Å². The lowest BCUT2D eigenvalue weighted by Crippen LogP contribution is -2.13. The molecule has 2 heterocycles. The van der Waals surface area contributed by atoms with Crippen LogP contribution in [0, 0.1) is 0 Å². The summed E-state index contributed by atoms with van der Waals surface area (Å²) < 4.78 is 25.2. The summed E-state index contributed by atoms with van der Waals surface area (Å²) in [5.74, 6) is 1.07. The lowest BCUT2D eigenvalue weighted by Gasteiger charge is -2.10. The van der Waals surface area contributed by atoms with E-state index < -0.39 is 10.0 Å². The molecule has 0 saturated heterocycles. The van der Waals surface area contributed by atoms with Gasteiger partial charge in [-0.15, -0.1) is 0 Å². The number of rotatable bonds is 6. The Morgan fingerprint density at radius 3 is 2.68 bits per heavy atom. The number of sulfonamides is 1. The predicted molar refractivity (Wildman–Crippen MR) is 97.4 cm³/mol. The molecule has 0 spiro atoms. The van der Waals surface area contributed by atoms with Gasteiger partial charge >= 0.3 is 11.6 Å². The third-order valence-corrected chi connectivity index (χ3v) is 3.79. The third kappa shape index (κ3) is 4.35. The number of imidazole rings is 1. The molecule has 0 aliphatic rings. The zero-order valence-corrected chi connectivity index (χ0v) is 14.9. The summed E-state index contributed by atoms with van der Waals surface area (Å²) in [5.41, 5.74) is 2.57. The maximum atomic E-state index is 11.4. The number of aromatic amines is 2. The van der Waals surface area contributed by atoms with E-state index in [0.29, 0.717) is 28.8 Å². The lowest BCUT2D eigenvalue weighted by molar-refractivity contribution is -0.347. The highest BCUT2D eigenvalue weighted by Crippen LogP contribution is 2.22. The van der Waals surface area contributed by atoms with Crippen LogP contribution in [0.5, 0.6) is 0 Å². The first-order valence-electron chi connectivity index (χ1n) is 7.68. The lowest BCUT2D eigenvalue weighted by atomic mass is 10.3. The topological polar surface area (TPSA) is 126 Å². The molecule has 0 aliphatic heterocycles. The van der Waals surface area contributed by atoms with Gasteiger partial charge in [0.1, 0.15) is 0 Å². The van der Waals surface area contributed by atoms with Gasteiger partial charge in [-0.25, -0.2) is 13.4 Å². The van der Waals surface area contributed by atoms with Crippen LogP contribution in [0.1, 0.15) is 13.8 Å². The first-order chi connectivity index (χ1) is 11.8. The fraction of sp³-hybridized carbons (Fsp3) is 0.267. The summed E-state index contributed by atoms with van der Waals surface area (Å²) in [7, 11) is -3.34. The number of nitrogens with zero attached hydrogens (tertiary/aromatic N) is 2. The van der Waals surface area contributed by atoms with E-state index in [1.807, 2.05) is 13.8 Å². The monoisotopic (exact) mass is 362 g/mol. The fourth-order valence-electron chi connectivity index (χ4n) is 2.32. The summed E-state index contributed by atoms with van der Waals surface area (Å²) in [4.78, 5) is 15.0. The molecule has 5 N–H and O–H groups in total. The molecule has 10 heteroatoms. The molecular weight excluding hydrogens is 342 g/mol. The highest BCUT2D eigenvalue weighted by molar-refractivity contribution is 7.92. The molecular formula is C15H20N7O2S+. The van der Waals surface area contributed by atoms with Crippen molar-refractivity contribution in [1.29, 1.82) is 0 Å². The minimum Gasteiger partial charge on any atom is -0.365 e. The van der Waals surface area contributed by atoms with Crippen LogP contribution in [-0.4, -0.2) is 35.7 Å². The molecule has 0 aliphatic carbocycles. The number of hydrogen-bond donors (Lipinski definition) is 4. The molecule has 0 amide bonds. The minimum atomic E-state index is -3.34. The van der Waals surface area contributed by atoms with Crippen LogP contribution in [0.4, 0.5) is 23.1 Å². The molecule has 0 radical (unpaired) electrons. The number of fused-ring (bicyclic) bond motifs is 1. The Morgan fingerprint density at radius 2 is 1.96 bits per heavy atom. The number of benzene rings is 1. The van der Waals surface area contributed by atoms with Gasteiger partial charge in [0.2, 0.25) is 15.5 Å². The number of hydrogen-bond acceptors (Lipinski definition) is 6. The Hall–Kier alpha value is -2.88. The van der Waals surface area contributed by atoms with Crippen LogP contribution in [-0.2, 0) is 10.0 Å². The zero-order valence-electron chi connectivity index (χ0n) is 14.1. The Kier molecular flexibility index (Phi) is 4.45. The first kappa shape index (κ1) is 17.0. The van der Waals surface area contributed by atoms with Crippen molar-refractivity contribution in [2.24, 2.45) is 0 Å². The molecule has 1 aromatic carbocycles. The van der Waals surface area contributed by atoms with Gasteiger partial charge in [0.15, 0.2) is 12.1 Å². The quantitative estimate of drug-likeness (QED) is 0.529. The van der Waals surface area contributed by atoms with Crippen molar-refractivity contribution in [2.45, 2.75) is 19.9 Å². The smallest absolute Gasteiger partial charge is 0.307 e. The van der Waals surface area contributed by atoms with E-state index in [2.05, 4.69) is 35.3 Å². The maximum Gasteiger partial charge on any atom is 0.307 e. The van der Waals surface area contributed by atoms with Gasteiger partial charge in [-0.2, -0.15) is 4.98 Å². The third-order valence-electron chi connectivity index (χ3n) is 3.18. The molecule has 0 unspecified atom stereocenters. The van der Waals surface area contributed by atoms with E-state index in [1.54, 1.807) is 30.6 Å². The fourth-order valence-corrected chi connectivity index (χ4v) is 2.87. The van der Waals surface area contributed by atoms with Crippen molar-refractivity contribution in [1.82, 2.24) is 15.0 Å². The predicted octanol–water partition coefficient (Wildman–Crippen LogP) is 1.71. The van der Waals surface area contributed by atoms with Gasteiger partial charge in [-0.1, -0.05) is 11.1 Å². The molecule has 0 saturated carbocycles. The molecule has 0 atom stereocenters. The van der Waals surface area contributed by atoms with Crippen LogP contribution in [0.2, 0.25) is 0 Å². The van der Waals surface area contributed by atoms with Crippen molar-refractivity contribution >= 4 is 44.3 Å². The Labute approximate surface area is 145 Å². The summed E-state index contributed by atoms with van der Waals surface area (Å²) in [6.07, 6.45) is 2.79. The van der Waals surface area contributed by atoms with E-state index in [9.17, 15) is 8.42 Å². The molecule has 25 heavy (non-hydrogen) atoms. The van der Waals surface area contributed by atoms with Crippen molar-refractivity contribution in [3.63, 3.8) is 0 Å². The van der Waals surface area contributed by atoms with Crippen molar-refractivity contribution in [2.75, 3.05) is 21.6 Å². The molecule has 9 nitrogen and oxygen atoms in total. The maximum absolute atomic E-state index is 11.4. The second kappa shape index (κ2) is 6.55. The first-order valence-corrected chi connectivity index (χ1v) is 9.57. The van der Waals surface area contributed by atoms with Crippen LogP contribution in [0.3, 0.4) is 0 Å². The van der Waals surface area contributed by atoms with Gasteiger partial charge in [-0.05, 0) is 32.0 Å². The highest BCUT2D eigenvalue weighted by Gasteiger charge is 2.16. The highest BCUT2D eigenvalue weighted by atomic mass is 32.2. The van der Waals surface area contributed by atoms with Gasteiger partial charge in [-0.3, -0.25) is 9.71 Å². The second-order valence-corrected chi connectivity index (χ2v) is 7.68. The second-order valence-electron chi connectivity index (χ2n) is 5.93. The van der Waals surface area contributed by atoms with Crippen LogP contribution in [0.15, 0.2) is 30.6 Å². The summed E-state index contributed by atoms with van der Waals surface area (Å²) in [6.45, 7) is 4.04. The summed E-state index contributed by atoms with van der Waals surface area (Å²) >= 11 is 0. The van der Waals surface area contributed by atoms with Gasteiger partial charge in [0.05, 0.1) is 11.9 Å². The minimum absolute atomic E-state index is 0.205. The SMILES string of the molecule is CC(C)Nc1nc(Nc2cccc(NS(C)(=O)=O)c2)nc2[nH+]c[nH]c12. The average Bonchev–Trinajstić information content (AvgIpc) is 2.93. The van der Waals surface area contributed by atoms with Crippen molar-refractivity contribution < 1.29 is 13.4 Å². The molecule has 0 bridgehead atoms. The van der Waals surface area contributed by atoms with E-state index in [0.717, 1.165) is 11.8 Å². The normalized spacial score (nSPS) is 11.7. The number of H-pyrrole nitrogens is 2. The largest absolute Gasteiger partial charge is 0.365 e. The summed E-state index contributed by atoms with van der Waals surface area (Å²) in [5, 5.41) is 6.36. The standard InChI is InChI=1S/C15H19N7O2S/c1-9(2)18-14-12-13(17-8-16-12)20-15(21-14)19-10-5-4-6-11(7-10)22-25(3,23)24/h4-9,22H,1-3H3,(H3,16,17,18,19,20,21)/p+1. The van der Waals surface area contributed by atoms with E-state index in [-0.39, 0.29) is 6.04 Å². The van der Waals surface area contributed by atoms with Gasteiger partial charge in [0.25, 0.3) is 0 Å². The zero-order chi connectivity index (χ0) is 18.0. The molecule has 3 aromatic rings. The molecule has 0 fully saturated rings. The molecule has 2 aromatic heterocycles. The molecule has 132 valence electrons. The average molecular weight is 362 g/mol. The van der Waals surface area contributed by atoms with Crippen molar-refractivity contribution in [3.05, 3.63) is 30.6 Å². The molecule has 3 rings (SSSR count). The van der Waals surface area contributed by atoms with Crippen molar-refractivity contribution in [3.8, 4) is 0 Å². The van der Waals surface area contributed by atoms with Crippen LogP contribution < -0.4 is 20.3 Å². The number of nitrogens with one attached hydrogen (secondary N) is 5. The van der Waals surface area contributed by atoms with Crippen LogP contribution in [0.25, 0.3) is 11.2 Å². The Morgan fingerprint density at radius 1 is 1.20 bits per heavy atom. The van der Waals surface area contributed by atoms with Gasteiger partial charge in [0, 0.05) is 11.7 Å². The summed E-state index contributed by atoms with van der Waals surface area (Å²) in [6, 6.07) is 7.09. The number of anilines is 4. The Balaban J connectivity index is 1.91. The van der Waals surface area contributed by atoms with E-state index in [4.69, 9.17) is 0 Å². The van der Waals surface area contributed by atoms with Crippen LogP contribution >= 0.6 is 0 Å².